The molecule has 0 aromatic carbocycles. The molecule has 1 unspecified atom stereocenters. The molecule has 2 aromatic rings. The van der Waals surface area contributed by atoms with Gasteiger partial charge in [0.1, 0.15) is 11.9 Å². The maximum atomic E-state index is 12.7. The second-order valence-corrected chi connectivity index (χ2v) is 5.48. The number of nitrogens with two attached hydrogens (primary N) is 1. The van der Waals surface area contributed by atoms with E-state index in [4.69, 9.17) is 10.5 Å². The zero-order valence-corrected chi connectivity index (χ0v) is 12.9. The van der Waals surface area contributed by atoms with Crippen LogP contribution in [0.2, 0.25) is 0 Å². The van der Waals surface area contributed by atoms with Gasteiger partial charge in [-0.15, -0.1) is 0 Å². The molecular weight excluding hydrogens is 286 g/mol. The van der Waals surface area contributed by atoms with Crippen LogP contribution in [0.15, 0.2) is 9.59 Å². The first kappa shape index (κ1) is 15.0. The van der Waals surface area contributed by atoms with Gasteiger partial charge in [0.2, 0.25) is 0 Å². The van der Waals surface area contributed by atoms with Crippen molar-refractivity contribution in [3.05, 3.63) is 26.7 Å². The van der Waals surface area contributed by atoms with Crippen molar-refractivity contribution in [2.24, 2.45) is 12.8 Å². The number of ether oxygens (including phenoxy) is 1. The van der Waals surface area contributed by atoms with E-state index in [1.165, 1.54) is 9.13 Å². The molecule has 1 aliphatic heterocycles. The molecule has 3 heterocycles. The molecule has 2 N–H and O–H groups in total. The Bertz CT molecular complexity index is 810. The van der Waals surface area contributed by atoms with Gasteiger partial charge < -0.3 is 15.0 Å². The first-order chi connectivity index (χ1) is 10.6. The Morgan fingerprint density at radius 1 is 1.36 bits per heavy atom. The Labute approximate surface area is 127 Å². The molecule has 8 nitrogen and oxygen atoms in total. The van der Waals surface area contributed by atoms with Gasteiger partial charge in [0.25, 0.3) is 5.56 Å². The molecule has 22 heavy (non-hydrogen) atoms. The fourth-order valence-electron chi connectivity index (χ4n) is 3.06. The van der Waals surface area contributed by atoms with E-state index >= 15 is 0 Å². The van der Waals surface area contributed by atoms with Crippen LogP contribution in [0.1, 0.15) is 31.7 Å². The van der Waals surface area contributed by atoms with E-state index in [0.717, 1.165) is 18.7 Å². The number of nitrogens with zero attached hydrogens (tertiary/aromatic N) is 4. The van der Waals surface area contributed by atoms with Crippen molar-refractivity contribution in [2.45, 2.75) is 39.0 Å². The van der Waals surface area contributed by atoms with E-state index in [2.05, 4.69) is 4.98 Å². The number of fused-ring (bicyclic) bond motifs is 1. The Balaban J connectivity index is 2.34. The van der Waals surface area contributed by atoms with E-state index in [0.29, 0.717) is 24.3 Å². The highest BCUT2D eigenvalue weighted by Crippen LogP contribution is 2.29. The van der Waals surface area contributed by atoms with Crippen LogP contribution in [0.25, 0.3) is 11.2 Å². The van der Waals surface area contributed by atoms with Crippen LogP contribution < -0.4 is 17.0 Å². The van der Waals surface area contributed by atoms with Crippen LogP contribution in [0.5, 0.6) is 0 Å². The predicted molar refractivity (Wildman–Crippen MR) is 81.9 cm³/mol. The normalized spacial score (nSPS) is 18.4. The van der Waals surface area contributed by atoms with Crippen molar-refractivity contribution in [3.63, 3.8) is 0 Å². The van der Waals surface area contributed by atoms with Gasteiger partial charge in [0.15, 0.2) is 11.2 Å². The summed E-state index contributed by atoms with van der Waals surface area (Å²) in [7, 11) is 1.63. The quantitative estimate of drug-likeness (QED) is 0.838. The van der Waals surface area contributed by atoms with Crippen LogP contribution in [0.3, 0.4) is 0 Å². The van der Waals surface area contributed by atoms with Crippen molar-refractivity contribution < 1.29 is 4.74 Å². The Hall–Kier alpha value is -1.93. The Kier molecular flexibility index (Phi) is 3.88. The van der Waals surface area contributed by atoms with Crippen LogP contribution in [-0.2, 0) is 24.9 Å². The number of hydrogen-bond donors (Lipinski definition) is 1. The number of aromatic nitrogens is 4. The van der Waals surface area contributed by atoms with Gasteiger partial charge >= 0.3 is 5.69 Å². The molecule has 1 atom stereocenters. The smallest absolute Gasteiger partial charge is 0.332 e. The van der Waals surface area contributed by atoms with Crippen LogP contribution >= 0.6 is 0 Å². The molecule has 0 bridgehead atoms. The molecule has 8 heteroatoms. The predicted octanol–water partition coefficient (Wildman–Crippen LogP) is -0.273. The molecule has 0 amide bonds. The molecule has 0 spiro atoms. The van der Waals surface area contributed by atoms with E-state index in [1.54, 1.807) is 7.05 Å². The third-order valence-electron chi connectivity index (χ3n) is 4.15. The van der Waals surface area contributed by atoms with Crippen molar-refractivity contribution in [2.75, 3.05) is 13.2 Å². The van der Waals surface area contributed by atoms with Crippen LogP contribution in [0.4, 0.5) is 0 Å². The molecule has 120 valence electrons. The maximum absolute atomic E-state index is 12.7. The van der Waals surface area contributed by atoms with Crippen molar-refractivity contribution in [1.82, 2.24) is 18.7 Å². The number of aryl methyl sites for hydroxylation is 2. The van der Waals surface area contributed by atoms with E-state index in [1.807, 2.05) is 11.5 Å². The third kappa shape index (κ3) is 2.10. The molecule has 1 saturated heterocycles. The lowest BCUT2D eigenvalue weighted by atomic mass is 10.2. The summed E-state index contributed by atoms with van der Waals surface area (Å²) in [6.07, 6.45) is 1.76. The average Bonchev–Trinajstić information content (AvgIpc) is 3.15. The summed E-state index contributed by atoms with van der Waals surface area (Å²) in [5, 5.41) is 0. The maximum Gasteiger partial charge on any atom is 0.332 e. The standard InChI is InChI=1S/C14H21N5O3/c1-3-18-10-12(16-11(18)9-5-4-8-22-9)17(2)14(21)19(7-6-15)13(10)20/h9H,3-8,15H2,1-2H3. The highest BCUT2D eigenvalue weighted by atomic mass is 16.5. The Morgan fingerprint density at radius 2 is 2.14 bits per heavy atom. The van der Waals surface area contributed by atoms with Gasteiger partial charge in [-0.05, 0) is 19.8 Å². The molecule has 3 rings (SSSR count). The summed E-state index contributed by atoms with van der Waals surface area (Å²) in [5.41, 5.74) is 5.66. The van der Waals surface area contributed by atoms with Crippen molar-refractivity contribution in [1.29, 1.82) is 0 Å². The number of hydrogen-bond acceptors (Lipinski definition) is 5. The van der Waals surface area contributed by atoms with Crippen LogP contribution in [0, 0.1) is 0 Å². The molecule has 1 aliphatic rings. The number of rotatable bonds is 4. The lowest BCUT2D eigenvalue weighted by molar-refractivity contribution is 0.102. The lowest BCUT2D eigenvalue weighted by Crippen LogP contribution is -2.41. The number of imidazole rings is 1. The SMILES string of the molecule is CCn1c(C2CCCO2)nc2c1c(=O)n(CCN)c(=O)n2C. The van der Waals surface area contributed by atoms with Crippen molar-refractivity contribution in [3.8, 4) is 0 Å². The van der Waals surface area contributed by atoms with Crippen LogP contribution in [-0.4, -0.2) is 31.8 Å². The zero-order chi connectivity index (χ0) is 15.9. The Morgan fingerprint density at radius 3 is 2.73 bits per heavy atom. The minimum atomic E-state index is -0.386. The van der Waals surface area contributed by atoms with Gasteiger partial charge in [-0.1, -0.05) is 0 Å². The minimum absolute atomic E-state index is 0.107. The van der Waals surface area contributed by atoms with E-state index in [9.17, 15) is 9.59 Å². The zero-order valence-electron chi connectivity index (χ0n) is 12.9. The van der Waals surface area contributed by atoms with E-state index in [-0.39, 0.29) is 30.4 Å². The van der Waals surface area contributed by atoms with Gasteiger partial charge in [0, 0.05) is 33.3 Å². The molecule has 0 saturated carbocycles. The average molecular weight is 307 g/mol. The topological polar surface area (TPSA) is 97.1 Å². The van der Waals surface area contributed by atoms with Gasteiger partial charge in [-0.2, -0.15) is 0 Å². The summed E-state index contributed by atoms with van der Waals surface area (Å²) in [6, 6.07) is 0. The molecular formula is C14H21N5O3. The minimum Gasteiger partial charge on any atom is -0.370 e. The molecule has 0 aliphatic carbocycles. The highest BCUT2D eigenvalue weighted by molar-refractivity contribution is 5.71. The summed E-state index contributed by atoms with van der Waals surface area (Å²) >= 11 is 0. The van der Waals surface area contributed by atoms with Gasteiger partial charge in [-0.25, -0.2) is 9.78 Å². The fraction of sp³-hybridized carbons (Fsp3) is 0.643. The lowest BCUT2D eigenvalue weighted by Gasteiger charge is -2.11. The fourth-order valence-corrected chi connectivity index (χ4v) is 3.06. The molecule has 0 radical (unpaired) electrons. The highest BCUT2D eigenvalue weighted by Gasteiger charge is 2.27. The second kappa shape index (κ2) is 5.69. The summed E-state index contributed by atoms with van der Waals surface area (Å²) < 4.78 is 10.2. The van der Waals surface area contributed by atoms with Crippen molar-refractivity contribution >= 4 is 11.2 Å². The largest absolute Gasteiger partial charge is 0.370 e. The van der Waals surface area contributed by atoms with Gasteiger partial charge in [0.05, 0.1) is 0 Å². The first-order valence-electron chi connectivity index (χ1n) is 7.61. The first-order valence-corrected chi connectivity index (χ1v) is 7.61. The summed E-state index contributed by atoms with van der Waals surface area (Å²) in [6.45, 7) is 3.69. The monoisotopic (exact) mass is 307 g/mol. The van der Waals surface area contributed by atoms with E-state index < -0.39 is 0 Å². The second-order valence-electron chi connectivity index (χ2n) is 5.48. The summed E-state index contributed by atoms with van der Waals surface area (Å²) in [5.74, 6) is 0.729. The molecule has 1 fully saturated rings. The third-order valence-corrected chi connectivity index (χ3v) is 4.15. The summed E-state index contributed by atoms with van der Waals surface area (Å²) in [4.78, 5) is 29.5. The molecule has 2 aromatic heterocycles. The van der Waals surface area contributed by atoms with Gasteiger partial charge in [-0.3, -0.25) is 13.9 Å².